The van der Waals surface area contributed by atoms with E-state index in [1.807, 2.05) is 48.5 Å². The van der Waals surface area contributed by atoms with Gasteiger partial charge in [-0.05, 0) is 24.4 Å². The largest absolute Gasteiger partial charge is 0.316 e. The van der Waals surface area contributed by atoms with E-state index in [-0.39, 0.29) is 0 Å². The summed E-state index contributed by atoms with van der Waals surface area (Å²) in [7, 11) is 0. The number of aromatic amines is 1. The van der Waals surface area contributed by atoms with Crippen molar-refractivity contribution in [3.8, 4) is 11.4 Å². The number of nitrogens with one attached hydrogen (secondary N) is 2. The highest BCUT2D eigenvalue weighted by Gasteiger charge is 2.07. The van der Waals surface area contributed by atoms with Crippen LogP contribution in [-0.4, -0.2) is 19.9 Å². The number of nitrogens with zero attached hydrogens (tertiary/aromatic N) is 3. The van der Waals surface area contributed by atoms with Crippen LogP contribution in [0.3, 0.4) is 0 Å². The molecule has 2 N–H and O–H groups in total. The molecule has 3 rings (SSSR count). The molecular formula is C14H13N5S. The summed E-state index contributed by atoms with van der Waals surface area (Å²) < 4.78 is 2.29. The molecule has 0 aliphatic carbocycles. The number of H-pyrrole nitrogens is 1. The van der Waals surface area contributed by atoms with Gasteiger partial charge < -0.3 is 5.43 Å². The first-order valence-corrected chi connectivity index (χ1v) is 6.62. The summed E-state index contributed by atoms with van der Waals surface area (Å²) in [5.41, 5.74) is 5.17. The van der Waals surface area contributed by atoms with Gasteiger partial charge in [-0.1, -0.05) is 36.4 Å². The van der Waals surface area contributed by atoms with Crippen LogP contribution in [0, 0.1) is 4.77 Å². The molecule has 0 aliphatic heterocycles. The topological polar surface area (TPSA) is 58.5 Å². The van der Waals surface area contributed by atoms with E-state index in [1.54, 1.807) is 10.9 Å². The predicted octanol–water partition coefficient (Wildman–Crippen LogP) is 2.75. The molecule has 100 valence electrons. The zero-order chi connectivity index (χ0) is 13.8. The normalized spacial score (nSPS) is 10.4. The fourth-order valence-corrected chi connectivity index (χ4v) is 2.08. The van der Waals surface area contributed by atoms with E-state index in [9.17, 15) is 0 Å². The summed E-state index contributed by atoms with van der Waals surface area (Å²) in [6.07, 6.45) is 1.77. The minimum Gasteiger partial charge on any atom is -0.316 e. The molecule has 0 fully saturated rings. The third-order valence-electron chi connectivity index (χ3n) is 2.85. The average molecular weight is 283 g/mol. The molecule has 0 spiro atoms. The Balaban J connectivity index is 1.87. The van der Waals surface area contributed by atoms with Gasteiger partial charge in [-0.25, -0.2) is 9.77 Å². The van der Waals surface area contributed by atoms with Crippen molar-refractivity contribution in [1.29, 1.82) is 0 Å². The maximum atomic E-state index is 5.25. The van der Waals surface area contributed by atoms with E-state index in [4.69, 9.17) is 12.2 Å². The summed E-state index contributed by atoms with van der Waals surface area (Å²) in [4.78, 5) is 4.27. The third-order valence-corrected chi connectivity index (χ3v) is 3.12. The molecule has 20 heavy (non-hydrogen) atoms. The zero-order valence-corrected chi connectivity index (χ0v) is 11.5. The lowest BCUT2D eigenvalue weighted by molar-refractivity contribution is 0.816. The van der Waals surface area contributed by atoms with E-state index in [1.165, 1.54) is 0 Å². The Kier molecular flexibility index (Phi) is 3.56. The molecule has 3 aromatic rings. The van der Waals surface area contributed by atoms with Crippen molar-refractivity contribution in [2.45, 2.75) is 6.54 Å². The minimum absolute atomic E-state index is 0.528. The van der Waals surface area contributed by atoms with E-state index < -0.39 is 0 Å². The van der Waals surface area contributed by atoms with Gasteiger partial charge in [0.05, 0.1) is 12.2 Å². The molecule has 0 amide bonds. The molecule has 5 nitrogen and oxygen atoms in total. The second-order valence-corrected chi connectivity index (χ2v) is 4.60. The molecule has 0 saturated carbocycles. The Bertz CT molecular complexity index is 733. The van der Waals surface area contributed by atoms with Gasteiger partial charge in [-0.15, -0.1) is 0 Å². The fraction of sp³-hybridized carbons (Fsp3) is 0.0714. The molecule has 6 heteroatoms. The molecule has 0 radical (unpaired) electrons. The molecular weight excluding hydrogens is 270 g/mol. The van der Waals surface area contributed by atoms with Crippen molar-refractivity contribution in [1.82, 2.24) is 19.9 Å². The van der Waals surface area contributed by atoms with Gasteiger partial charge in [-0.3, -0.25) is 4.98 Å². The first kappa shape index (κ1) is 12.6. The van der Waals surface area contributed by atoms with Crippen LogP contribution in [0.1, 0.15) is 5.69 Å². The van der Waals surface area contributed by atoms with Crippen molar-refractivity contribution in [3.63, 3.8) is 0 Å². The highest BCUT2D eigenvalue weighted by Crippen LogP contribution is 2.15. The first-order chi connectivity index (χ1) is 9.84. The predicted molar refractivity (Wildman–Crippen MR) is 80.1 cm³/mol. The summed E-state index contributed by atoms with van der Waals surface area (Å²) in [5.74, 6) is 0.756. The lowest BCUT2D eigenvalue weighted by atomic mass is 10.2. The molecule has 0 aliphatic rings. The Hall–Kier alpha value is -2.47. The maximum Gasteiger partial charge on any atom is 0.214 e. The number of pyridine rings is 1. The van der Waals surface area contributed by atoms with Gasteiger partial charge in [0.2, 0.25) is 4.77 Å². The van der Waals surface area contributed by atoms with Gasteiger partial charge in [0.15, 0.2) is 5.82 Å². The van der Waals surface area contributed by atoms with Crippen molar-refractivity contribution in [3.05, 3.63) is 65.2 Å². The van der Waals surface area contributed by atoms with Gasteiger partial charge in [-0.2, -0.15) is 5.10 Å². The minimum atomic E-state index is 0.528. The molecule has 1 aromatic carbocycles. The number of hydrogen-bond acceptors (Lipinski definition) is 4. The van der Waals surface area contributed by atoms with Gasteiger partial charge in [0.25, 0.3) is 0 Å². The number of aromatic nitrogens is 4. The quantitative estimate of drug-likeness (QED) is 0.723. The highest BCUT2D eigenvalue weighted by molar-refractivity contribution is 7.71. The summed E-state index contributed by atoms with van der Waals surface area (Å²) in [6, 6.07) is 15.7. The van der Waals surface area contributed by atoms with Crippen LogP contribution >= 0.6 is 12.2 Å². The fourth-order valence-electron chi connectivity index (χ4n) is 1.89. The van der Waals surface area contributed by atoms with Crippen LogP contribution in [-0.2, 0) is 6.54 Å². The zero-order valence-electron chi connectivity index (χ0n) is 10.7. The van der Waals surface area contributed by atoms with E-state index in [2.05, 4.69) is 20.6 Å². The first-order valence-electron chi connectivity index (χ1n) is 6.21. The number of rotatable bonds is 4. The molecule has 2 heterocycles. The van der Waals surface area contributed by atoms with Gasteiger partial charge >= 0.3 is 0 Å². The van der Waals surface area contributed by atoms with Gasteiger partial charge in [0.1, 0.15) is 0 Å². The number of benzene rings is 1. The monoisotopic (exact) mass is 283 g/mol. The Morgan fingerprint density at radius 3 is 2.65 bits per heavy atom. The summed E-state index contributed by atoms with van der Waals surface area (Å²) >= 11 is 5.25. The average Bonchev–Trinajstić information content (AvgIpc) is 2.88. The van der Waals surface area contributed by atoms with Crippen LogP contribution in [0.4, 0.5) is 0 Å². The molecule has 0 bridgehead atoms. The lowest BCUT2D eigenvalue weighted by Gasteiger charge is -2.09. The van der Waals surface area contributed by atoms with E-state index in [0.29, 0.717) is 11.3 Å². The van der Waals surface area contributed by atoms with E-state index in [0.717, 1.165) is 17.1 Å². The standard InChI is InChI=1S/C14H13N5S/c20-14-18-17-13(11-6-2-1-3-7-11)19(14)16-10-12-8-4-5-9-15-12/h1-9,16H,10H2,(H,18,20). The second-order valence-electron chi connectivity index (χ2n) is 4.21. The molecule has 0 saturated heterocycles. The van der Waals surface area contributed by atoms with Crippen LogP contribution in [0.15, 0.2) is 54.7 Å². The highest BCUT2D eigenvalue weighted by atomic mass is 32.1. The summed E-state index contributed by atoms with van der Waals surface area (Å²) in [6.45, 7) is 0.578. The lowest BCUT2D eigenvalue weighted by Crippen LogP contribution is -2.16. The van der Waals surface area contributed by atoms with Crippen molar-refractivity contribution < 1.29 is 0 Å². The number of hydrogen-bond donors (Lipinski definition) is 2. The van der Waals surface area contributed by atoms with Crippen LogP contribution in [0.5, 0.6) is 0 Å². The van der Waals surface area contributed by atoms with Crippen LogP contribution in [0.25, 0.3) is 11.4 Å². The van der Waals surface area contributed by atoms with Crippen molar-refractivity contribution in [2.75, 3.05) is 5.43 Å². The van der Waals surface area contributed by atoms with Crippen molar-refractivity contribution in [2.24, 2.45) is 0 Å². The molecule has 0 unspecified atom stereocenters. The van der Waals surface area contributed by atoms with Gasteiger partial charge in [0, 0.05) is 11.8 Å². The smallest absolute Gasteiger partial charge is 0.214 e. The summed E-state index contributed by atoms with van der Waals surface area (Å²) in [5, 5.41) is 7.07. The van der Waals surface area contributed by atoms with Crippen LogP contribution in [0.2, 0.25) is 0 Å². The second kappa shape index (κ2) is 5.66. The Morgan fingerprint density at radius 2 is 1.90 bits per heavy atom. The maximum absolute atomic E-state index is 5.25. The third kappa shape index (κ3) is 2.60. The Morgan fingerprint density at radius 1 is 1.10 bits per heavy atom. The Labute approximate surface area is 121 Å². The van der Waals surface area contributed by atoms with Crippen molar-refractivity contribution >= 4 is 12.2 Å². The molecule has 2 aromatic heterocycles. The SMILES string of the molecule is S=c1[nH]nc(-c2ccccc2)n1NCc1ccccn1. The van der Waals surface area contributed by atoms with E-state index >= 15 is 0 Å². The molecule has 0 atom stereocenters. The van der Waals surface area contributed by atoms with Crippen LogP contribution < -0.4 is 5.43 Å².